The van der Waals surface area contributed by atoms with Gasteiger partial charge in [0.2, 0.25) is 10.0 Å². The van der Waals surface area contributed by atoms with E-state index in [1.807, 2.05) is 6.07 Å². The first kappa shape index (κ1) is 13.3. The number of primary sulfonamides is 1. The number of sulfonamides is 1. The van der Waals surface area contributed by atoms with E-state index in [0.717, 1.165) is 18.5 Å². The Balaban J connectivity index is 2.11. The maximum Gasteiger partial charge on any atom is 0.238 e. The molecule has 1 aliphatic carbocycles. The predicted molar refractivity (Wildman–Crippen MR) is 70.0 cm³/mol. The van der Waals surface area contributed by atoms with Crippen molar-refractivity contribution in [3.05, 3.63) is 23.8 Å². The molecule has 1 aliphatic rings. The number of nitrogens with two attached hydrogens (primary N) is 1. The summed E-state index contributed by atoms with van der Waals surface area (Å²) in [7, 11) is -1.96. The van der Waals surface area contributed by atoms with Crippen LogP contribution in [0.15, 0.2) is 23.1 Å². The summed E-state index contributed by atoms with van der Waals surface area (Å²) in [5.74, 6) is 0. The average Bonchev–Trinajstić information content (AvgIpc) is 2.23. The molecule has 0 atom stereocenters. The molecule has 0 bridgehead atoms. The van der Waals surface area contributed by atoms with E-state index in [2.05, 4.69) is 5.32 Å². The lowest BCUT2D eigenvalue weighted by Gasteiger charge is -2.35. The Bertz CT molecular complexity index is 536. The largest absolute Gasteiger partial charge is 0.382 e. The van der Waals surface area contributed by atoms with E-state index in [-0.39, 0.29) is 4.90 Å². The molecule has 0 spiro atoms. The van der Waals surface area contributed by atoms with E-state index in [9.17, 15) is 8.42 Å². The van der Waals surface area contributed by atoms with Crippen LogP contribution in [-0.2, 0) is 14.8 Å². The second-order valence-corrected chi connectivity index (χ2v) is 6.23. The minimum absolute atomic E-state index is 0.176. The van der Waals surface area contributed by atoms with Gasteiger partial charge in [0, 0.05) is 18.8 Å². The highest BCUT2D eigenvalue weighted by molar-refractivity contribution is 7.89. The summed E-state index contributed by atoms with van der Waals surface area (Å²) in [4.78, 5) is 0.176. The molecule has 1 aromatic rings. The van der Waals surface area contributed by atoms with Crippen molar-refractivity contribution in [2.24, 2.45) is 5.14 Å². The molecule has 0 aliphatic heterocycles. The van der Waals surface area contributed by atoms with Crippen molar-refractivity contribution in [3.63, 3.8) is 0 Å². The Morgan fingerprint density at radius 2 is 2.06 bits per heavy atom. The van der Waals surface area contributed by atoms with Gasteiger partial charge in [-0.1, -0.05) is 6.07 Å². The maximum atomic E-state index is 11.4. The standard InChI is InChI=1S/C12H18N2O3S/c1-8-3-4-9(7-12(8)18(13,15)16)14-10-5-11(6-10)17-2/h3-4,7,10-11,14H,5-6H2,1-2H3,(H2,13,15,16). The van der Waals surface area contributed by atoms with Crippen molar-refractivity contribution < 1.29 is 13.2 Å². The molecule has 0 aromatic heterocycles. The van der Waals surface area contributed by atoms with Gasteiger partial charge in [-0.25, -0.2) is 13.6 Å². The number of methoxy groups -OCH3 is 1. The zero-order chi connectivity index (χ0) is 13.3. The maximum absolute atomic E-state index is 11.4. The van der Waals surface area contributed by atoms with Crippen LogP contribution in [0, 0.1) is 6.92 Å². The van der Waals surface area contributed by atoms with Crippen LogP contribution in [0.5, 0.6) is 0 Å². The van der Waals surface area contributed by atoms with Gasteiger partial charge >= 0.3 is 0 Å². The fourth-order valence-corrected chi connectivity index (χ4v) is 2.92. The molecular formula is C12H18N2O3S. The first-order chi connectivity index (χ1) is 8.40. The molecule has 100 valence electrons. The second kappa shape index (κ2) is 4.87. The van der Waals surface area contributed by atoms with Crippen LogP contribution in [0.3, 0.4) is 0 Å². The number of hydrogen-bond donors (Lipinski definition) is 2. The van der Waals surface area contributed by atoms with Gasteiger partial charge in [0.05, 0.1) is 11.0 Å². The molecule has 1 fully saturated rings. The minimum Gasteiger partial charge on any atom is -0.382 e. The van der Waals surface area contributed by atoms with Gasteiger partial charge in [-0.05, 0) is 37.5 Å². The number of hydrogen-bond acceptors (Lipinski definition) is 4. The van der Waals surface area contributed by atoms with Gasteiger partial charge < -0.3 is 10.1 Å². The topological polar surface area (TPSA) is 81.4 Å². The lowest BCUT2D eigenvalue weighted by molar-refractivity contribution is 0.0328. The number of ether oxygens (including phenoxy) is 1. The van der Waals surface area contributed by atoms with Crippen LogP contribution in [-0.4, -0.2) is 27.7 Å². The second-order valence-electron chi connectivity index (χ2n) is 4.70. The van der Waals surface area contributed by atoms with Crippen LogP contribution < -0.4 is 10.5 Å². The van der Waals surface area contributed by atoms with Gasteiger partial charge in [0.15, 0.2) is 0 Å². The Labute approximate surface area is 107 Å². The number of rotatable bonds is 4. The Morgan fingerprint density at radius 3 is 2.61 bits per heavy atom. The molecule has 18 heavy (non-hydrogen) atoms. The number of nitrogens with one attached hydrogen (secondary N) is 1. The van der Waals surface area contributed by atoms with Gasteiger partial charge in [0.1, 0.15) is 0 Å². The van der Waals surface area contributed by atoms with Crippen LogP contribution >= 0.6 is 0 Å². The summed E-state index contributed by atoms with van der Waals surface area (Å²) in [6.45, 7) is 1.73. The zero-order valence-corrected chi connectivity index (χ0v) is 11.3. The summed E-state index contributed by atoms with van der Waals surface area (Å²) in [5.41, 5.74) is 1.44. The fourth-order valence-electron chi connectivity index (χ4n) is 2.11. The summed E-state index contributed by atoms with van der Waals surface area (Å²) in [6.07, 6.45) is 2.19. The molecule has 0 heterocycles. The molecule has 2 rings (SSSR count). The van der Waals surface area contributed by atoms with Crippen LogP contribution in [0.1, 0.15) is 18.4 Å². The van der Waals surface area contributed by atoms with Crippen LogP contribution in [0.2, 0.25) is 0 Å². The third-order valence-corrected chi connectivity index (χ3v) is 4.35. The van der Waals surface area contributed by atoms with E-state index in [4.69, 9.17) is 9.88 Å². The van der Waals surface area contributed by atoms with E-state index in [1.54, 1.807) is 26.2 Å². The summed E-state index contributed by atoms with van der Waals surface area (Å²) in [5, 5.41) is 8.45. The van der Waals surface area contributed by atoms with Gasteiger partial charge in [0.25, 0.3) is 0 Å². The molecule has 0 radical (unpaired) electrons. The van der Waals surface area contributed by atoms with Gasteiger partial charge in [-0.3, -0.25) is 0 Å². The number of benzene rings is 1. The van der Waals surface area contributed by atoms with E-state index >= 15 is 0 Å². The first-order valence-electron chi connectivity index (χ1n) is 5.83. The molecule has 0 amide bonds. The highest BCUT2D eigenvalue weighted by Crippen LogP contribution is 2.27. The third-order valence-electron chi connectivity index (χ3n) is 3.29. The van der Waals surface area contributed by atoms with Crippen molar-refractivity contribution in [2.75, 3.05) is 12.4 Å². The average molecular weight is 270 g/mol. The predicted octanol–water partition coefficient (Wildman–Crippen LogP) is 1.23. The van der Waals surface area contributed by atoms with Crippen molar-refractivity contribution >= 4 is 15.7 Å². The lowest BCUT2D eigenvalue weighted by Crippen LogP contribution is -2.40. The normalized spacial score (nSPS) is 23.5. The minimum atomic E-state index is -3.66. The Hall–Kier alpha value is -1.11. The molecule has 0 saturated heterocycles. The van der Waals surface area contributed by atoms with Crippen LogP contribution in [0.4, 0.5) is 5.69 Å². The molecule has 6 heteroatoms. The van der Waals surface area contributed by atoms with Crippen molar-refractivity contribution in [2.45, 2.75) is 36.8 Å². The molecular weight excluding hydrogens is 252 g/mol. The first-order valence-corrected chi connectivity index (χ1v) is 7.37. The molecule has 1 aromatic carbocycles. The highest BCUT2D eigenvalue weighted by atomic mass is 32.2. The zero-order valence-electron chi connectivity index (χ0n) is 10.5. The molecule has 3 N–H and O–H groups in total. The summed E-state index contributed by atoms with van der Waals surface area (Å²) >= 11 is 0. The number of anilines is 1. The molecule has 0 unspecified atom stereocenters. The van der Waals surface area contributed by atoms with Gasteiger partial charge in [-0.15, -0.1) is 0 Å². The third kappa shape index (κ3) is 2.82. The Morgan fingerprint density at radius 1 is 1.39 bits per heavy atom. The van der Waals surface area contributed by atoms with Crippen molar-refractivity contribution in [1.29, 1.82) is 0 Å². The fraction of sp³-hybridized carbons (Fsp3) is 0.500. The SMILES string of the molecule is COC1CC(Nc2ccc(C)c(S(N)(=O)=O)c2)C1. The monoisotopic (exact) mass is 270 g/mol. The Kier molecular flexibility index (Phi) is 3.61. The smallest absolute Gasteiger partial charge is 0.238 e. The van der Waals surface area contributed by atoms with Gasteiger partial charge in [-0.2, -0.15) is 0 Å². The van der Waals surface area contributed by atoms with Crippen molar-refractivity contribution in [1.82, 2.24) is 0 Å². The van der Waals surface area contributed by atoms with Crippen molar-refractivity contribution in [3.8, 4) is 0 Å². The van der Waals surface area contributed by atoms with Crippen LogP contribution in [0.25, 0.3) is 0 Å². The summed E-state index contributed by atoms with van der Waals surface area (Å²) in [6, 6.07) is 5.55. The number of aryl methyl sites for hydroxylation is 1. The quantitative estimate of drug-likeness (QED) is 0.862. The lowest BCUT2D eigenvalue weighted by atomic mass is 9.89. The molecule has 1 saturated carbocycles. The molecule has 5 nitrogen and oxygen atoms in total. The van der Waals surface area contributed by atoms with E-state index < -0.39 is 10.0 Å². The van der Waals surface area contributed by atoms with E-state index in [0.29, 0.717) is 17.7 Å². The highest BCUT2D eigenvalue weighted by Gasteiger charge is 2.28. The van der Waals surface area contributed by atoms with E-state index in [1.165, 1.54) is 0 Å². The summed E-state index contributed by atoms with van der Waals surface area (Å²) < 4.78 is 28.0.